The Morgan fingerprint density at radius 1 is 1.09 bits per heavy atom. The Balaban J connectivity index is 1.45. The summed E-state index contributed by atoms with van der Waals surface area (Å²) in [5, 5.41) is 20.6. The highest BCUT2D eigenvalue weighted by atomic mass is 35.5. The maximum atomic E-state index is 14.9. The zero-order chi connectivity index (χ0) is 31.5. The average Bonchev–Trinajstić information content (AvgIpc) is 3.00. The van der Waals surface area contributed by atoms with Crippen molar-refractivity contribution in [1.82, 2.24) is 20.1 Å². The molecule has 2 atom stereocenters. The number of methoxy groups -OCH3 is 1. The molecule has 0 saturated heterocycles. The number of aryl methyl sites for hydroxylation is 2. The highest BCUT2D eigenvalue weighted by molar-refractivity contribution is 6.39. The summed E-state index contributed by atoms with van der Waals surface area (Å²) in [6, 6.07) is 12.6. The van der Waals surface area contributed by atoms with Crippen molar-refractivity contribution in [3.63, 3.8) is 0 Å². The number of halogens is 3. The van der Waals surface area contributed by atoms with Crippen LogP contribution in [0.25, 0.3) is 22.4 Å². The zero-order valence-corrected chi connectivity index (χ0v) is 26.0. The lowest BCUT2D eigenvalue weighted by Crippen LogP contribution is -2.41. The fourth-order valence-corrected chi connectivity index (χ4v) is 6.03. The molecule has 2 unspecified atom stereocenters. The predicted octanol–water partition coefficient (Wildman–Crippen LogP) is 5.92. The van der Waals surface area contributed by atoms with E-state index in [4.69, 9.17) is 27.9 Å². The van der Waals surface area contributed by atoms with Gasteiger partial charge < -0.3 is 20.5 Å². The van der Waals surface area contributed by atoms with Crippen LogP contribution in [0.1, 0.15) is 47.3 Å². The van der Waals surface area contributed by atoms with Gasteiger partial charge in [-0.15, -0.1) is 0 Å². The summed E-state index contributed by atoms with van der Waals surface area (Å²) in [5.74, 6) is -1.01. The van der Waals surface area contributed by atoms with E-state index >= 15 is 0 Å². The lowest BCUT2D eigenvalue weighted by atomic mass is 9.92. The van der Waals surface area contributed by atoms with Crippen LogP contribution in [0.4, 0.5) is 10.1 Å². The van der Waals surface area contributed by atoms with Crippen LogP contribution in [0.2, 0.25) is 10.0 Å². The van der Waals surface area contributed by atoms with Crippen LogP contribution in [0.3, 0.4) is 0 Å². The Kier molecular flexibility index (Phi) is 9.65. The van der Waals surface area contributed by atoms with E-state index in [1.807, 2.05) is 12.1 Å². The molecule has 1 amide bonds. The van der Waals surface area contributed by atoms with Gasteiger partial charge in [-0.2, -0.15) is 5.10 Å². The second-order valence-electron chi connectivity index (χ2n) is 10.8. The van der Waals surface area contributed by atoms with Crippen molar-refractivity contribution in [3.8, 4) is 28.3 Å². The summed E-state index contributed by atoms with van der Waals surface area (Å²) in [5.41, 5.74) is 2.25. The fourth-order valence-electron chi connectivity index (χ4n) is 5.44. The van der Waals surface area contributed by atoms with Crippen molar-refractivity contribution < 1.29 is 19.0 Å². The third-order valence-electron chi connectivity index (χ3n) is 7.70. The van der Waals surface area contributed by atoms with Gasteiger partial charge in [-0.1, -0.05) is 60.3 Å². The molecular weight excluding hydrogens is 608 g/mol. The molecule has 1 aliphatic carbocycles. The molecule has 0 radical (unpaired) electrons. The predicted molar refractivity (Wildman–Crippen MR) is 169 cm³/mol. The standard InChI is InChI=1S/C32H32Cl2FN5O4/c1-17-13-23(32(43)40(2)39-17)30(42)37-26-15-19(35)14-22(29(26)34)20-7-6-8-21(28(20)33)24-12-11-18(31(38-24)44-3)16-36-25-9-4-5-10-27(25)41/h6-8,11-15,25,27,36,41H,4-5,9-10,16H2,1-3H3,(H,37,42). The molecule has 3 N–H and O–H groups in total. The summed E-state index contributed by atoms with van der Waals surface area (Å²) in [4.78, 5) is 30.2. The molecule has 1 fully saturated rings. The number of hydrogen-bond acceptors (Lipinski definition) is 7. The van der Waals surface area contributed by atoms with Gasteiger partial charge in [0.05, 0.1) is 40.3 Å². The Bertz CT molecular complexity index is 1780. The van der Waals surface area contributed by atoms with E-state index in [1.165, 1.54) is 26.3 Å². The van der Waals surface area contributed by atoms with E-state index in [9.17, 15) is 19.1 Å². The molecule has 0 spiro atoms. The van der Waals surface area contributed by atoms with Crippen molar-refractivity contribution >= 4 is 34.8 Å². The number of carbonyl (C=O) groups is 1. The quantitative estimate of drug-likeness (QED) is 0.219. The van der Waals surface area contributed by atoms with E-state index in [0.717, 1.165) is 42.0 Å². The van der Waals surface area contributed by atoms with Crippen molar-refractivity contribution in [2.24, 2.45) is 7.05 Å². The van der Waals surface area contributed by atoms with Crippen LogP contribution in [0.5, 0.6) is 5.88 Å². The highest BCUT2D eigenvalue weighted by Crippen LogP contribution is 2.42. The Labute approximate surface area is 264 Å². The van der Waals surface area contributed by atoms with Crippen molar-refractivity contribution in [2.45, 2.75) is 51.3 Å². The lowest BCUT2D eigenvalue weighted by Gasteiger charge is -2.28. The Hall–Kier alpha value is -3.83. The molecule has 12 heteroatoms. The molecular formula is C32H32Cl2FN5O4. The number of pyridine rings is 1. The summed E-state index contributed by atoms with van der Waals surface area (Å²) in [6.07, 6.45) is 3.43. The topological polar surface area (TPSA) is 118 Å². The molecule has 0 aliphatic heterocycles. The summed E-state index contributed by atoms with van der Waals surface area (Å²) >= 11 is 13.6. The maximum absolute atomic E-state index is 14.9. The zero-order valence-electron chi connectivity index (χ0n) is 24.5. The van der Waals surface area contributed by atoms with E-state index < -0.39 is 17.3 Å². The third kappa shape index (κ3) is 6.63. The molecule has 9 nitrogen and oxygen atoms in total. The number of aromatic nitrogens is 3. The monoisotopic (exact) mass is 639 g/mol. The molecule has 2 aromatic carbocycles. The molecule has 1 saturated carbocycles. The van der Waals surface area contributed by atoms with Gasteiger partial charge in [0.25, 0.3) is 11.5 Å². The van der Waals surface area contributed by atoms with Crippen molar-refractivity contribution in [1.29, 1.82) is 0 Å². The minimum absolute atomic E-state index is 0.0177. The third-order valence-corrected chi connectivity index (χ3v) is 8.51. The Morgan fingerprint density at radius 2 is 1.84 bits per heavy atom. The lowest BCUT2D eigenvalue weighted by molar-refractivity contribution is 0.0901. The molecule has 5 rings (SSSR count). The first-order chi connectivity index (χ1) is 21.1. The van der Waals surface area contributed by atoms with Gasteiger partial charge in [0.15, 0.2) is 0 Å². The normalized spacial score (nSPS) is 16.5. The molecule has 4 aromatic rings. The van der Waals surface area contributed by atoms with Gasteiger partial charge in [-0.3, -0.25) is 9.59 Å². The second-order valence-corrected chi connectivity index (χ2v) is 11.5. The summed E-state index contributed by atoms with van der Waals surface area (Å²) < 4.78 is 21.5. The number of nitrogens with one attached hydrogen (secondary N) is 2. The number of hydrogen-bond donors (Lipinski definition) is 3. The smallest absolute Gasteiger partial charge is 0.279 e. The number of ether oxygens (including phenoxy) is 1. The molecule has 2 heterocycles. The number of amides is 1. The Morgan fingerprint density at radius 3 is 2.59 bits per heavy atom. The average molecular weight is 641 g/mol. The van der Waals surface area contributed by atoms with Crippen molar-refractivity contribution in [2.75, 3.05) is 12.4 Å². The van der Waals surface area contributed by atoms with Crippen LogP contribution >= 0.6 is 23.2 Å². The van der Waals surface area contributed by atoms with Gasteiger partial charge in [0.2, 0.25) is 5.88 Å². The SMILES string of the molecule is COc1nc(-c2cccc(-c3cc(F)cc(NC(=O)c4cc(C)nn(C)c4=O)c3Cl)c2Cl)ccc1CNC1CCCCC1O. The second kappa shape index (κ2) is 13.4. The number of aliphatic hydroxyl groups excluding tert-OH is 1. The van der Waals surface area contributed by atoms with Gasteiger partial charge in [0.1, 0.15) is 11.4 Å². The van der Waals surface area contributed by atoms with Crippen LogP contribution in [0, 0.1) is 12.7 Å². The summed E-state index contributed by atoms with van der Waals surface area (Å²) in [7, 11) is 2.97. The van der Waals surface area contributed by atoms with E-state index in [1.54, 1.807) is 25.1 Å². The van der Waals surface area contributed by atoms with Crippen LogP contribution in [0.15, 0.2) is 53.3 Å². The molecule has 230 valence electrons. The number of anilines is 1. The van der Waals surface area contributed by atoms with E-state index in [0.29, 0.717) is 34.9 Å². The first kappa shape index (κ1) is 31.6. The van der Waals surface area contributed by atoms with E-state index in [2.05, 4.69) is 20.7 Å². The first-order valence-electron chi connectivity index (χ1n) is 14.2. The number of benzene rings is 2. The fraction of sp³-hybridized carbons (Fsp3) is 0.312. The number of aliphatic hydroxyl groups is 1. The van der Waals surface area contributed by atoms with E-state index in [-0.39, 0.29) is 39.0 Å². The molecule has 0 bridgehead atoms. The number of carbonyl (C=O) groups excluding carboxylic acids is 1. The first-order valence-corrected chi connectivity index (χ1v) is 14.9. The summed E-state index contributed by atoms with van der Waals surface area (Å²) in [6.45, 7) is 2.13. The van der Waals surface area contributed by atoms with Gasteiger partial charge >= 0.3 is 0 Å². The van der Waals surface area contributed by atoms with Crippen LogP contribution < -0.4 is 20.9 Å². The van der Waals surface area contributed by atoms with Gasteiger partial charge in [-0.25, -0.2) is 14.1 Å². The highest BCUT2D eigenvalue weighted by Gasteiger charge is 2.24. The minimum Gasteiger partial charge on any atom is -0.481 e. The minimum atomic E-state index is -0.752. The van der Waals surface area contributed by atoms with Crippen LogP contribution in [-0.4, -0.2) is 45.0 Å². The number of nitrogens with zero attached hydrogens (tertiary/aromatic N) is 3. The number of rotatable bonds is 8. The van der Waals surface area contributed by atoms with Gasteiger partial charge in [0, 0.05) is 41.9 Å². The molecule has 44 heavy (non-hydrogen) atoms. The van der Waals surface area contributed by atoms with Gasteiger partial charge in [-0.05, 0) is 44.0 Å². The largest absolute Gasteiger partial charge is 0.481 e. The van der Waals surface area contributed by atoms with Crippen molar-refractivity contribution in [3.05, 3.63) is 91.6 Å². The van der Waals surface area contributed by atoms with Crippen LogP contribution in [-0.2, 0) is 13.6 Å². The molecule has 2 aromatic heterocycles. The maximum Gasteiger partial charge on any atom is 0.279 e. The molecule has 1 aliphatic rings.